The fourth-order valence-corrected chi connectivity index (χ4v) is 2.80. The van der Waals surface area contributed by atoms with Crippen LogP contribution in [-0.4, -0.2) is 39.0 Å². The first-order valence-corrected chi connectivity index (χ1v) is 8.83. The van der Waals surface area contributed by atoms with Crippen LogP contribution in [0.15, 0.2) is 29.4 Å². The van der Waals surface area contributed by atoms with Gasteiger partial charge in [-0.2, -0.15) is 13.2 Å². The number of carbonyl (C=O) groups is 2. The smallest absolute Gasteiger partial charge is 0.416 e. The number of rotatable bonds is 7. The minimum Gasteiger partial charge on any atom is -0.466 e. The average molecular weight is 402 g/mol. The quantitative estimate of drug-likeness (QED) is 0.566. The largest absolute Gasteiger partial charge is 0.466 e. The third-order valence-corrected chi connectivity index (χ3v) is 4.36. The highest BCUT2D eigenvalue weighted by Gasteiger charge is 2.30. The molecular formula is C16H17F3N4O3S. The first kappa shape index (κ1) is 20.7. The van der Waals surface area contributed by atoms with Crippen LogP contribution in [0, 0.1) is 0 Å². The molecule has 0 bridgehead atoms. The molecule has 0 radical (unpaired) electrons. The number of ether oxygens (including phenoxy) is 1. The van der Waals surface area contributed by atoms with Gasteiger partial charge in [0.15, 0.2) is 5.16 Å². The summed E-state index contributed by atoms with van der Waals surface area (Å²) in [5.74, 6) is -0.628. The lowest BCUT2D eigenvalue weighted by Crippen LogP contribution is -2.15. The third-order valence-electron chi connectivity index (χ3n) is 3.34. The number of nitrogens with zero attached hydrogens (tertiary/aromatic N) is 3. The van der Waals surface area contributed by atoms with Gasteiger partial charge >= 0.3 is 12.1 Å². The SMILES string of the molecule is CCOC(=O)Cc1nnc(SCC(=O)Nc2cccc(C(F)(F)F)c2)n1C. The Labute approximate surface area is 157 Å². The number of halogens is 3. The first-order chi connectivity index (χ1) is 12.7. The molecule has 27 heavy (non-hydrogen) atoms. The Bertz CT molecular complexity index is 823. The normalized spacial score (nSPS) is 11.3. The summed E-state index contributed by atoms with van der Waals surface area (Å²) in [6, 6.07) is 4.38. The molecule has 0 saturated heterocycles. The molecule has 2 rings (SSSR count). The zero-order valence-corrected chi connectivity index (χ0v) is 15.4. The highest BCUT2D eigenvalue weighted by atomic mass is 32.2. The number of esters is 1. The molecule has 1 amide bonds. The van der Waals surface area contributed by atoms with Crippen molar-refractivity contribution in [3.05, 3.63) is 35.7 Å². The van der Waals surface area contributed by atoms with E-state index in [2.05, 4.69) is 15.5 Å². The molecular weight excluding hydrogens is 385 g/mol. The maximum atomic E-state index is 12.7. The molecule has 0 aliphatic rings. The molecule has 1 aromatic carbocycles. The summed E-state index contributed by atoms with van der Waals surface area (Å²) < 4.78 is 44.5. The minimum atomic E-state index is -4.48. The van der Waals surface area contributed by atoms with Crippen LogP contribution >= 0.6 is 11.8 Å². The topological polar surface area (TPSA) is 86.1 Å². The van der Waals surface area contributed by atoms with Gasteiger partial charge in [-0.05, 0) is 25.1 Å². The highest BCUT2D eigenvalue weighted by Crippen LogP contribution is 2.30. The summed E-state index contributed by atoms with van der Waals surface area (Å²) >= 11 is 1.05. The van der Waals surface area contributed by atoms with Gasteiger partial charge in [-0.3, -0.25) is 9.59 Å². The molecule has 1 aromatic heterocycles. The second-order valence-corrected chi connectivity index (χ2v) is 6.30. The van der Waals surface area contributed by atoms with Gasteiger partial charge in [-0.25, -0.2) is 0 Å². The summed E-state index contributed by atoms with van der Waals surface area (Å²) in [4.78, 5) is 23.5. The number of alkyl halides is 3. The number of hydrogen-bond acceptors (Lipinski definition) is 6. The van der Waals surface area contributed by atoms with Crippen LogP contribution in [0.1, 0.15) is 18.3 Å². The highest BCUT2D eigenvalue weighted by molar-refractivity contribution is 7.99. The van der Waals surface area contributed by atoms with Crippen molar-refractivity contribution in [1.82, 2.24) is 14.8 Å². The van der Waals surface area contributed by atoms with Crippen LogP contribution in [0.5, 0.6) is 0 Å². The van der Waals surface area contributed by atoms with Crippen LogP contribution in [0.25, 0.3) is 0 Å². The van der Waals surface area contributed by atoms with E-state index in [0.29, 0.717) is 11.0 Å². The molecule has 1 N–H and O–H groups in total. The molecule has 0 spiro atoms. The third kappa shape index (κ3) is 5.98. The van der Waals surface area contributed by atoms with Crippen LogP contribution in [0.4, 0.5) is 18.9 Å². The lowest BCUT2D eigenvalue weighted by atomic mass is 10.2. The van der Waals surface area contributed by atoms with E-state index >= 15 is 0 Å². The van der Waals surface area contributed by atoms with E-state index in [4.69, 9.17) is 4.74 Å². The first-order valence-electron chi connectivity index (χ1n) is 7.84. The number of nitrogens with one attached hydrogen (secondary N) is 1. The van der Waals surface area contributed by atoms with Crippen molar-refractivity contribution in [2.24, 2.45) is 7.05 Å². The maximum Gasteiger partial charge on any atom is 0.416 e. The summed E-state index contributed by atoms with van der Waals surface area (Å²) in [6.45, 7) is 1.95. The van der Waals surface area contributed by atoms with E-state index < -0.39 is 23.6 Å². The van der Waals surface area contributed by atoms with Crippen molar-refractivity contribution >= 4 is 29.3 Å². The summed E-state index contributed by atoms with van der Waals surface area (Å²) in [7, 11) is 1.64. The Hall–Kier alpha value is -2.56. The molecule has 0 fully saturated rings. The van der Waals surface area contributed by atoms with E-state index in [1.807, 2.05) is 0 Å². The molecule has 7 nitrogen and oxygen atoms in total. The predicted octanol–water partition coefficient (Wildman–Crippen LogP) is 2.67. The van der Waals surface area contributed by atoms with Gasteiger partial charge in [0.25, 0.3) is 0 Å². The Kier molecular flexibility index (Phi) is 6.83. The fraction of sp³-hybridized carbons (Fsp3) is 0.375. The minimum absolute atomic E-state index is 0.0473. The van der Waals surface area contributed by atoms with Crippen LogP contribution < -0.4 is 5.32 Å². The van der Waals surface area contributed by atoms with Crippen molar-refractivity contribution < 1.29 is 27.5 Å². The van der Waals surface area contributed by atoms with Gasteiger partial charge in [-0.1, -0.05) is 17.8 Å². The Balaban J connectivity index is 1.93. The number of benzene rings is 1. The molecule has 146 valence electrons. The van der Waals surface area contributed by atoms with Crippen LogP contribution in [-0.2, 0) is 34.0 Å². The number of amides is 1. The Morgan fingerprint density at radius 2 is 2.04 bits per heavy atom. The van der Waals surface area contributed by atoms with Gasteiger partial charge in [0, 0.05) is 12.7 Å². The van der Waals surface area contributed by atoms with E-state index in [1.165, 1.54) is 12.1 Å². The van der Waals surface area contributed by atoms with Crippen molar-refractivity contribution in [3.63, 3.8) is 0 Å². The molecule has 11 heteroatoms. The molecule has 0 atom stereocenters. The van der Waals surface area contributed by atoms with Gasteiger partial charge in [0.05, 0.1) is 17.9 Å². The number of carbonyl (C=O) groups excluding carboxylic acids is 2. The van der Waals surface area contributed by atoms with Gasteiger partial charge in [0.2, 0.25) is 5.91 Å². The molecule has 0 aliphatic heterocycles. The number of aromatic nitrogens is 3. The van der Waals surface area contributed by atoms with Crippen molar-refractivity contribution in [2.45, 2.75) is 24.7 Å². The fourth-order valence-electron chi connectivity index (χ4n) is 2.07. The van der Waals surface area contributed by atoms with Gasteiger partial charge < -0.3 is 14.6 Å². The second-order valence-electron chi connectivity index (χ2n) is 5.36. The molecule has 0 unspecified atom stereocenters. The standard InChI is InChI=1S/C16H17F3N4O3S/c1-3-26-14(25)8-12-21-22-15(23(12)2)27-9-13(24)20-11-6-4-5-10(7-11)16(17,18)19/h4-7H,3,8-9H2,1-2H3,(H,20,24). The summed E-state index contributed by atoms with van der Waals surface area (Å²) in [5.41, 5.74) is -0.791. The Morgan fingerprint density at radius 1 is 1.30 bits per heavy atom. The number of anilines is 1. The summed E-state index contributed by atoms with van der Waals surface area (Å²) in [6.07, 6.45) is -4.53. The van der Waals surface area contributed by atoms with E-state index in [0.717, 1.165) is 23.9 Å². The Morgan fingerprint density at radius 3 is 2.70 bits per heavy atom. The molecule has 2 aromatic rings. The van der Waals surface area contributed by atoms with Gasteiger partial charge in [-0.15, -0.1) is 10.2 Å². The maximum absolute atomic E-state index is 12.7. The van der Waals surface area contributed by atoms with E-state index in [-0.39, 0.29) is 24.5 Å². The lowest BCUT2D eigenvalue weighted by Gasteiger charge is -2.09. The van der Waals surface area contributed by atoms with Crippen molar-refractivity contribution in [1.29, 1.82) is 0 Å². The second kappa shape index (κ2) is 8.89. The zero-order valence-electron chi connectivity index (χ0n) is 14.5. The average Bonchev–Trinajstić information content (AvgIpc) is 2.93. The van der Waals surface area contributed by atoms with Crippen LogP contribution in [0.2, 0.25) is 0 Å². The number of thioether (sulfide) groups is 1. The van der Waals surface area contributed by atoms with Crippen LogP contribution in [0.3, 0.4) is 0 Å². The van der Waals surface area contributed by atoms with Gasteiger partial charge in [0.1, 0.15) is 12.2 Å². The monoisotopic (exact) mass is 402 g/mol. The summed E-state index contributed by atoms with van der Waals surface area (Å²) in [5, 5.41) is 10.6. The number of hydrogen-bond donors (Lipinski definition) is 1. The zero-order chi connectivity index (χ0) is 20.0. The van der Waals surface area contributed by atoms with Crippen molar-refractivity contribution in [3.8, 4) is 0 Å². The lowest BCUT2D eigenvalue weighted by molar-refractivity contribution is -0.142. The van der Waals surface area contributed by atoms with Crippen molar-refractivity contribution in [2.75, 3.05) is 17.7 Å². The van der Waals surface area contributed by atoms with E-state index in [1.54, 1.807) is 18.5 Å². The predicted molar refractivity (Wildman–Crippen MR) is 92.1 cm³/mol. The molecule has 0 aliphatic carbocycles. The molecule has 0 saturated carbocycles. The van der Waals surface area contributed by atoms with E-state index in [9.17, 15) is 22.8 Å². The molecule has 1 heterocycles.